The standard InChI is InChI=1S/C22H24N8O/c1-13-27-17-6-4-14(8-19(17)29(13)2)5-7-18-20-21(23)25-12-26-22(20)30(28-18)16-9-15(11-31-3)24-10-16/h4,6,8,12,15-16,24H,9-11H2,1-3H3,(H2,23,25,26)/t15-,16+/m1/s1. The Balaban J connectivity index is 1.55. The molecule has 2 atom stereocenters. The predicted molar refractivity (Wildman–Crippen MR) is 118 cm³/mol. The number of aromatic nitrogens is 6. The minimum atomic E-state index is 0.154. The smallest absolute Gasteiger partial charge is 0.164 e. The van der Waals surface area contributed by atoms with Crippen molar-refractivity contribution in [1.82, 2.24) is 34.6 Å². The van der Waals surface area contributed by atoms with Gasteiger partial charge in [-0.05, 0) is 37.5 Å². The average Bonchev–Trinajstić information content (AvgIpc) is 3.44. The third-order valence-corrected chi connectivity index (χ3v) is 5.86. The number of hydrogen-bond acceptors (Lipinski definition) is 7. The van der Waals surface area contributed by atoms with Crippen LogP contribution >= 0.6 is 0 Å². The Bertz CT molecular complexity index is 1340. The average molecular weight is 416 g/mol. The van der Waals surface area contributed by atoms with Crippen LogP contribution in [0.1, 0.15) is 29.5 Å². The zero-order valence-corrected chi connectivity index (χ0v) is 17.8. The molecule has 1 aromatic carbocycles. The normalized spacial score (nSPS) is 18.5. The number of methoxy groups -OCH3 is 1. The van der Waals surface area contributed by atoms with Gasteiger partial charge < -0.3 is 20.4 Å². The minimum absolute atomic E-state index is 0.154. The van der Waals surface area contributed by atoms with Gasteiger partial charge in [0.1, 0.15) is 23.7 Å². The molecule has 158 valence electrons. The molecule has 3 N–H and O–H groups in total. The SMILES string of the molecule is COC[C@H]1C[C@H](n2nc(C#Cc3ccc4nc(C)n(C)c4c3)c3c(N)ncnc32)CN1. The van der Waals surface area contributed by atoms with Crippen LogP contribution in [0.2, 0.25) is 0 Å². The summed E-state index contributed by atoms with van der Waals surface area (Å²) in [5.74, 6) is 7.78. The first kappa shape index (κ1) is 19.5. The number of benzene rings is 1. The minimum Gasteiger partial charge on any atom is -0.383 e. The fourth-order valence-corrected chi connectivity index (χ4v) is 4.17. The van der Waals surface area contributed by atoms with E-state index in [9.17, 15) is 0 Å². The van der Waals surface area contributed by atoms with Gasteiger partial charge in [0, 0.05) is 32.3 Å². The Morgan fingerprint density at radius 1 is 1.29 bits per heavy atom. The number of hydrogen-bond donors (Lipinski definition) is 2. The van der Waals surface area contributed by atoms with Crippen molar-refractivity contribution in [1.29, 1.82) is 0 Å². The fourth-order valence-electron chi connectivity index (χ4n) is 4.17. The zero-order chi connectivity index (χ0) is 21.5. The first-order chi connectivity index (χ1) is 15.0. The Morgan fingerprint density at radius 2 is 2.16 bits per heavy atom. The summed E-state index contributed by atoms with van der Waals surface area (Å²) in [4.78, 5) is 13.2. The lowest BCUT2D eigenvalue weighted by atomic mass is 10.2. The van der Waals surface area contributed by atoms with E-state index in [0.717, 1.165) is 35.4 Å². The number of imidazole rings is 1. The lowest BCUT2D eigenvalue weighted by Crippen LogP contribution is -2.25. The van der Waals surface area contributed by atoms with E-state index in [4.69, 9.17) is 15.6 Å². The van der Waals surface area contributed by atoms with Gasteiger partial charge in [0.25, 0.3) is 0 Å². The molecule has 1 aliphatic heterocycles. The van der Waals surface area contributed by atoms with Gasteiger partial charge in [0.15, 0.2) is 5.65 Å². The monoisotopic (exact) mass is 416 g/mol. The van der Waals surface area contributed by atoms with Gasteiger partial charge in [-0.15, -0.1) is 0 Å². The van der Waals surface area contributed by atoms with Crippen LogP contribution in [-0.4, -0.2) is 55.6 Å². The van der Waals surface area contributed by atoms with Crippen molar-refractivity contribution in [3.05, 3.63) is 41.6 Å². The van der Waals surface area contributed by atoms with E-state index in [0.29, 0.717) is 29.2 Å². The molecule has 9 heteroatoms. The van der Waals surface area contributed by atoms with Gasteiger partial charge in [-0.1, -0.05) is 5.92 Å². The summed E-state index contributed by atoms with van der Waals surface area (Å²) in [5, 5.41) is 8.96. The molecule has 0 bridgehead atoms. The molecule has 31 heavy (non-hydrogen) atoms. The highest BCUT2D eigenvalue weighted by molar-refractivity contribution is 5.90. The zero-order valence-electron chi connectivity index (χ0n) is 17.8. The van der Waals surface area contributed by atoms with Crippen LogP contribution in [0.25, 0.3) is 22.1 Å². The quantitative estimate of drug-likeness (QED) is 0.488. The molecule has 0 saturated carbocycles. The fraction of sp³-hybridized carbons (Fsp3) is 0.364. The van der Waals surface area contributed by atoms with Gasteiger partial charge in [-0.2, -0.15) is 5.10 Å². The Kier molecular flexibility index (Phi) is 4.81. The summed E-state index contributed by atoms with van der Waals surface area (Å²) in [6.45, 7) is 3.44. The van der Waals surface area contributed by atoms with E-state index < -0.39 is 0 Å². The van der Waals surface area contributed by atoms with Crippen molar-refractivity contribution in [2.75, 3.05) is 26.0 Å². The van der Waals surface area contributed by atoms with E-state index in [1.54, 1.807) is 7.11 Å². The number of fused-ring (bicyclic) bond motifs is 2. The Labute approximate surface area is 179 Å². The molecule has 0 unspecified atom stereocenters. The molecule has 1 saturated heterocycles. The summed E-state index contributed by atoms with van der Waals surface area (Å²) < 4.78 is 9.26. The van der Waals surface area contributed by atoms with Crippen LogP contribution in [0.3, 0.4) is 0 Å². The second kappa shape index (κ2) is 7.65. The Morgan fingerprint density at radius 3 is 3.00 bits per heavy atom. The van der Waals surface area contributed by atoms with E-state index >= 15 is 0 Å². The van der Waals surface area contributed by atoms with Gasteiger partial charge in [0.05, 0.1) is 29.1 Å². The molecule has 3 aromatic heterocycles. The van der Waals surface area contributed by atoms with Gasteiger partial charge >= 0.3 is 0 Å². The summed E-state index contributed by atoms with van der Waals surface area (Å²) in [6, 6.07) is 6.44. The molecule has 1 aliphatic rings. The summed E-state index contributed by atoms with van der Waals surface area (Å²) in [6.07, 6.45) is 2.37. The molecule has 9 nitrogen and oxygen atoms in total. The maximum Gasteiger partial charge on any atom is 0.164 e. The lowest BCUT2D eigenvalue weighted by molar-refractivity contribution is 0.172. The van der Waals surface area contributed by atoms with E-state index in [1.165, 1.54) is 6.33 Å². The number of anilines is 1. The van der Waals surface area contributed by atoms with Crippen LogP contribution in [0.4, 0.5) is 5.82 Å². The number of ether oxygens (including phenoxy) is 1. The molecule has 0 radical (unpaired) electrons. The van der Waals surface area contributed by atoms with Crippen molar-refractivity contribution in [2.24, 2.45) is 7.05 Å². The highest BCUT2D eigenvalue weighted by Gasteiger charge is 2.28. The summed E-state index contributed by atoms with van der Waals surface area (Å²) >= 11 is 0. The van der Waals surface area contributed by atoms with E-state index in [-0.39, 0.29) is 12.1 Å². The number of nitrogens with two attached hydrogens (primary N) is 1. The first-order valence-corrected chi connectivity index (χ1v) is 10.2. The highest BCUT2D eigenvalue weighted by atomic mass is 16.5. The summed E-state index contributed by atoms with van der Waals surface area (Å²) in [7, 11) is 3.71. The molecule has 4 aromatic rings. The molecule has 5 rings (SSSR count). The van der Waals surface area contributed by atoms with Gasteiger partial charge in [0.2, 0.25) is 0 Å². The number of nitrogens with zero attached hydrogens (tertiary/aromatic N) is 6. The lowest BCUT2D eigenvalue weighted by Gasteiger charge is -2.10. The molecule has 4 heterocycles. The first-order valence-electron chi connectivity index (χ1n) is 10.2. The maximum absolute atomic E-state index is 6.19. The van der Waals surface area contributed by atoms with Crippen molar-refractivity contribution >= 4 is 27.9 Å². The number of rotatable bonds is 3. The van der Waals surface area contributed by atoms with Crippen LogP contribution in [-0.2, 0) is 11.8 Å². The second-order valence-corrected chi connectivity index (χ2v) is 7.87. The van der Waals surface area contributed by atoms with Crippen LogP contribution in [0.15, 0.2) is 24.5 Å². The van der Waals surface area contributed by atoms with Crippen LogP contribution in [0.5, 0.6) is 0 Å². The third-order valence-electron chi connectivity index (χ3n) is 5.86. The topological polar surface area (TPSA) is 109 Å². The maximum atomic E-state index is 6.19. The summed E-state index contributed by atoms with van der Waals surface area (Å²) in [5.41, 5.74) is 10.4. The molecular formula is C22H24N8O. The van der Waals surface area contributed by atoms with E-state index in [2.05, 4.69) is 36.7 Å². The highest BCUT2D eigenvalue weighted by Crippen LogP contribution is 2.27. The molecule has 0 amide bonds. The van der Waals surface area contributed by atoms with Crippen molar-refractivity contribution in [3.63, 3.8) is 0 Å². The van der Waals surface area contributed by atoms with Gasteiger partial charge in [-0.25, -0.2) is 19.6 Å². The van der Waals surface area contributed by atoms with Crippen molar-refractivity contribution < 1.29 is 4.74 Å². The molecule has 1 fully saturated rings. The molecular weight excluding hydrogens is 392 g/mol. The number of nitrogens with one attached hydrogen (secondary N) is 1. The Hall–Kier alpha value is -3.48. The number of aryl methyl sites for hydroxylation is 2. The van der Waals surface area contributed by atoms with Crippen molar-refractivity contribution in [2.45, 2.75) is 25.4 Å². The molecule has 0 aliphatic carbocycles. The third kappa shape index (κ3) is 3.40. The predicted octanol–water partition coefficient (Wildman–Crippen LogP) is 1.55. The largest absolute Gasteiger partial charge is 0.383 e. The van der Waals surface area contributed by atoms with E-state index in [1.807, 2.05) is 36.9 Å². The van der Waals surface area contributed by atoms with Gasteiger partial charge in [-0.3, -0.25) is 0 Å². The second-order valence-electron chi connectivity index (χ2n) is 7.87. The number of nitrogen functional groups attached to an aromatic ring is 1. The van der Waals surface area contributed by atoms with Crippen LogP contribution < -0.4 is 11.1 Å². The molecule has 0 spiro atoms. The van der Waals surface area contributed by atoms with Crippen LogP contribution in [0, 0.1) is 18.8 Å². The van der Waals surface area contributed by atoms with Crippen molar-refractivity contribution in [3.8, 4) is 11.8 Å².